The first-order valence-corrected chi connectivity index (χ1v) is 7.73. The number of rotatable bonds is 2. The predicted octanol–water partition coefficient (Wildman–Crippen LogP) is 2.89. The van der Waals surface area contributed by atoms with Crippen molar-refractivity contribution in [1.82, 2.24) is 9.88 Å². The van der Waals surface area contributed by atoms with Gasteiger partial charge in [-0.25, -0.2) is 0 Å². The van der Waals surface area contributed by atoms with Crippen LogP contribution in [0.4, 0.5) is 0 Å². The molecule has 1 N–H and O–H groups in total. The Labute approximate surface area is 130 Å². The van der Waals surface area contributed by atoms with Crippen LogP contribution >= 0.6 is 0 Å². The van der Waals surface area contributed by atoms with Gasteiger partial charge in [0.15, 0.2) is 0 Å². The molecule has 2 aromatic rings. The van der Waals surface area contributed by atoms with Crippen LogP contribution in [0.5, 0.6) is 0 Å². The highest BCUT2D eigenvalue weighted by molar-refractivity contribution is 5.98. The number of nitrogens with one attached hydrogen (secondary N) is 1. The van der Waals surface area contributed by atoms with Crippen LogP contribution in [0.2, 0.25) is 0 Å². The molecule has 2 heterocycles. The smallest absolute Gasteiger partial charge is 0.256 e. The first-order valence-electron chi connectivity index (χ1n) is 7.73. The van der Waals surface area contributed by atoms with Crippen molar-refractivity contribution >= 4 is 16.8 Å². The number of benzene rings is 1. The van der Waals surface area contributed by atoms with Gasteiger partial charge in [0.1, 0.15) is 5.56 Å². The third-order valence-electron chi connectivity index (χ3n) is 4.15. The summed E-state index contributed by atoms with van der Waals surface area (Å²) in [6.45, 7) is 8.80. The molecule has 1 aromatic heterocycles. The van der Waals surface area contributed by atoms with E-state index in [1.165, 1.54) is 5.56 Å². The van der Waals surface area contributed by atoms with Crippen LogP contribution in [-0.4, -0.2) is 17.0 Å². The Morgan fingerprint density at radius 1 is 1.36 bits per heavy atom. The van der Waals surface area contributed by atoms with Gasteiger partial charge in [0.25, 0.3) is 5.91 Å². The van der Waals surface area contributed by atoms with Crippen LogP contribution in [0.1, 0.15) is 49.7 Å². The van der Waals surface area contributed by atoms with Crippen molar-refractivity contribution in [2.45, 2.75) is 40.2 Å². The summed E-state index contributed by atoms with van der Waals surface area (Å²) in [7, 11) is 0. The lowest BCUT2D eigenvalue weighted by Gasteiger charge is -2.19. The molecule has 0 aliphatic carbocycles. The number of nitrogens with zero attached hydrogens (tertiary/aromatic N) is 1. The number of hydrogen-bond acceptors (Lipinski definition) is 2. The molecular formula is C18H22N2O2. The molecule has 1 aromatic carbocycles. The third kappa shape index (κ3) is 2.43. The van der Waals surface area contributed by atoms with E-state index in [9.17, 15) is 9.59 Å². The lowest BCUT2D eigenvalue weighted by Crippen LogP contribution is -2.35. The molecule has 0 bridgehead atoms. The summed E-state index contributed by atoms with van der Waals surface area (Å²) in [4.78, 5) is 25.1. The van der Waals surface area contributed by atoms with Gasteiger partial charge < -0.3 is 9.88 Å². The maximum absolute atomic E-state index is 12.7. The number of carbonyl (C=O) groups is 1. The second kappa shape index (κ2) is 4.97. The van der Waals surface area contributed by atoms with Gasteiger partial charge in [0.05, 0.1) is 5.52 Å². The molecule has 4 heteroatoms. The summed E-state index contributed by atoms with van der Waals surface area (Å²) in [6, 6.07) is 6.05. The number of pyridine rings is 1. The van der Waals surface area contributed by atoms with Gasteiger partial charge in [-0.2, -0.15) is 0 Å². The molecule has 1 amide bonds. The molecule has 0 fully saturated rings. The zero-order valence-corrected chi connectivity index (χ0v) is 13.6. The van der Waals surface area contributed by atoms with E-state index in [2.05, 4.69) is 43.6 Å². The zero-order chi connectivity index (χ0) is 16.1. The Morgan fingerprint density at radius 3 is 2.77 bits per heavy atom. The average Bonchev–Trinajstić information content (AvgIpc) is 2.76. The number of aromatic nitrogens is 1. The fraction of sp³-hybridized carbons (Fsp3) is 0.444. The largest absolute Gasteiger partial charge is 0.351 e. The van der Waals surface area contributed by atoms with Crippen LogP contribution < -0.4 is 10.7 Å². The van der Waals surface area contributed by atoms with E-state index in [4.69, 9.17) is 0 Å². The third-order valence-corrected chi connectivity index (χ3v) is 4.15. The van der Waals surface area contributed by atoms with E-state index in [1.807, 2.05) is 12.1 Å². The molecule has 1 aliphatic heterocycles. The van der Waals surface area contributed by atoms with Crippen molar-refractivity contribution < 1.29 is 4.79 Å². The summed E-state index contributed by atoms with van der Waals surface area (Å²) >= 11 is 0. The molecule has 0 unspecified atom stereocenters. The predicted molar refractivity (Wildman–Crippen MR) is 88.4 cm³/mol. The van der Waals surface area contributed by atoms with E-state index in [1.54, 1.807) is 6.20 Å². The van der Waals surface area contributed by atoms with Gasteiger partial charge in [-0.05, 0) is 30.4 Å². The van der Waals surface area contributed by atoms with Crippen molar-refractivity contribution in [1.29, 1.82) is 0 Å². The van der Waals surface area contributed by atoms with Crippen LogP contribution in [0.3, 0.4) is 0 Å². The maximum Gasteiger partial charge on any atom is 0.256 e. The number of hydrogen-bond donors (Lipinski definition) is 1. The number of amides is 1. The van der Waals surface area contributed by atoms with E-state index in [0.717, 1.165) is 11.9 Å². The molecule has 0 radical (unpaired) electrons. The Balaban J connectivity index is 2.08. The van der Waals surface area contributed by atoms with Crippen molar-refractivity contribution in [3.63, 3.8) is 0 Å². The topological polar surface area (TPSA) is 51.1 Å². The summed E-state index contributed by atoms with van der Waals surface area (Å²) in [5.41, 5.74) is 2.22. The van der Waals surface area contributed by atoms with Crippen LogP contribution in [0, 0.1) is 5.41 Å². The van der Waals surface area contributed by atoms with Gasteiger partial charge >= 0.3 is 0 Å². The minimum Gasteiger partial charge on any atom is -0.351 e. The molecule has 1 atom stereocenters. The molecular weight excluding hydrogens is 276 g/mol. The Hall–Kier alpha value is -2.10. The molecule has 116 valence electrons. The Kier molecular flexibility index (Phi) is 3.35. The Bertz CT molecular complexity index is 812. The maximum atomic E-state index is 12.7. The van der Waals surface area contributed by atoms with Crippen LogP contribution in [0.15, 0.2) is 29.2 Å². The monoisotopic (exact) mass is 298 g/mol. The molecule has 0 saturated heterocycles. The summed E-state index contributed by atoms with van der Waals surface area (Å²) in [5, 5.41) is 3.52. The lowest BCUT2D eigenvalue weighted by molar-refractivity contribution is 0.0937. The Morgan fingerprint density at radius 2 is 2.09 bits per heavy atom. The molecule has 3 rings (SSSR count). The fourth-order valence-electron chi connectivity index (χ4n) is 3.02. The summed E-state index contributed by atoms with van der Waals surface area (Å²) < 4.78 is 2.07. The van der Waals surface area contributed by atoms with Crippen LogP contribution in [0.25, 0.3) is 10.9 Å². The average molecular weight is 298 g/mol. The second-order valence-electron chi connectivity index (χ2n) is 7.39. The standard InChI is InChI=1S/C18H22N2O2/c1-11-8-12-6-5-7-13-15(12)20(11)9-14(16(13)21)17(22)19-10-18(2,3)4/h5-7,9,11H,8,10H2,1-4H3,(H,19,22)/t11-/m1/s1. The number of para-hydroxylation sites is 1. The molecule has 0 saturated carbocycles. The van der Waals surface area contributed by atoms with Gasteiger partial charge in [0, 0.05) is 24.2 Å². The zero-order valence-electron chi connectivity index (χ0n) is 13.6. The van der Waals surface area contributed by atoms with Gasteiger partial charge in [0.2, 0.25) is 5.43 Å². The highest BCUT2D eigenvalue weighted by atomic mass is 16.2. The first kappa shape index (κ1) is 14.8. The molecule has 4 nitrogen and oxygen atoms in total. The summed E-state index contributed by atoms with van der Waals surface area (Å²) in [5.74, 6) is -0.282. The minimum absolute atomic E-state index is 0.0139. The highest BCUT2D eigenvalue weighted by Gasteiger charge is 2.24. The van der Waals surface area contributed by atoms with Crippen molar-refractivity contribution in [3.05, 3.63) is 45.7 Å². The van der Waals surface area contributed by atoms with Gasteiger partial charge in [-0.15, -0.1) is 0 Å². The normalized spacial score (nSPS) is 17.0. The molecule has 0 spiro atoms. The van der Waals surface area contributed by atoms with E-state index in [-0.39, 0.29) is 28.4 Å². The fourth-order valence-corrected chi connectivity index (χ4v) is 3.02. The molecule has 22 heavy (non-hydrogen) atoms. The number of carbonyl (C=O) groups excluding carboxylic acids is 1. The van der Waals surface area contributed by atoms with E-state index >= 15 is 0 Å². The van der Waals surface area contributed by atoms with E-state index in [0.29, 0.717) is 11.9 Å². The van der Waals surface area contributed by atoms with Crippen molar-refractivity contribution in [2.75, 3.05) is 6.54 Å². The highest BCUT2D eigenvalue weighted by Crippen LogP contribution is 2.30. The van der Waals surface area contributed by atoms with Crippen molar-refractivity contribution in [2.24, 2.45) is 5.41 Å². The SMILES string of the molecule is C[C@@H]1Cc2cccc3c(=O)c(C(=O)NCC(C)(C)C)cn1c23. The van der Waals surface area contributed by atoms with Gasteiger partial charge in [-0.1, -0.05) is 32.9 Å². The second-order valence-corrected chi connectivity index (χ2v) is 7.39. The molecule has 1 aliphatic rings. The van der Waals surface area contributed by atoms with Crippen LogP contribution in [-0.2, 0) is 6.42 Å². The summed E-state index contributed by atoms with van der Waals surface area (Å²) in [6.07, 6.45) is 2.63. The minimum atomic E-state index is -0.282. The van der Waals surface area contributed by atoms with Crippen molar-refractivity contribution in [3.8, 4) is 0 Å². The van der Waals surface area contributed by atoms with E-state index < -0.39 is 0 Å². The quantitative estimate of drug-likeness (QED) is 0.927. The lowest BCUT2D eigenvalue weighted by atomic mass is 9.97. The van der Waals surface area contributed by atoms with Gasteiger partial charge in [-0.3, -0.25) is 9.59 Å². The first-order chi connectivity index (χ1) is 10.3.